The summed E-state index contributed by atoms with van der Waals surface area (Å²) in [6.07, 6.45) is 6.72. The predicted octanol–water partition coefficient (Wildman–Crippen LogP) is 4.10. The van der Waals surface area contributed by atoms with Gasteiger partial charge in [0.2, 0.25) is 11.8 Å². The average molecular weight is 445 g/mol. The summed E-state index contributed by atoms with van der Waals surface area (Å²) in [5.41, 5.74) is 3.10. The molecule has 0 radical (unpaired) electrons. The van der Waals surface area contributed by atoms with Crippen LogP contribution in [0.5, 0.6) is 0 Å². The topological polar surface area (TPSA) is 58.4 Å². The summed E-state index contributed by atoms with van der Waals surface area (Å²) in [6.45, 7) is 3.34. The average Bonchev–Trinajstić information content (AvgIpc) is 3.17. The molecule has 0 spiro atoms. The van der Waals surface area contributed by atoms with Gasteiger partial charge in [-0.25, -0.2) is 4.98 Å². The molecule has 2 amide bonds. The van der Waals surface area contributed by atoms with Crippen molar-refractivity contribution in [1.29, 1.82) is 0 Å². The molecule has 0 bridgehead atoms. The Morgan fingerprint density at radius 1 is 0.909 bits per heavy atom. The quantitative estimate of drug-likeness (QED) is 0.595. The van der Waals surface area contributed by atoms with Crippen molar-refractivity contribution in [3.8, 4) is 0 Å². The normalized spacial score (nSPS) is 20.2. The van der Waals surface area contributed by atoms with E-state index in [1.807, 2.05) is 51.9 Å². The summed E-state index contributed by atoms with van der Waals surface area (Å²) < 4.78 is 1.93. The smallest absolute Gasteiger partial charge is 0.242 e. The maximum Gasteiger partial charge on any atom is 0.242 e. The van der Waals surface area contributed by atoms with Gasteiger partial charge in [-0.2, -0.15) is 0 Å². The molecule has 3 aromatic rings. The highest BCUT2D eigenvalue weighted by Gasteiger charge is 2.35. The molecule has 0 N–H and O–H groups in total. The van der Waals surface area contributed by atoms with Gasteiger partial charge in [0, 0.05) is 32.1 Å². The zero-order valence-electron chi connectivity index (χ0n) is 19.1. The van der Waals surface area contributed by atoms with Crippen LogP contribution < -0.4 is 0 Å². The second kappa shape index (κ2) is 9.77. The maximum absolute atomic E-state index is 13.4. The van der Waals surface area contributed by atoms with Crippen LogP contribution in [0.15, 0.2) is 60.9 Å². The lowest BCUT2D eigenvalue weighted by atomic mass is 9.81. The Balaban J connectivity index is 1.19. The second-order valence-electron chi connectivity index (χ2n) is 9.43. The number of amides is 2. The largest absolute Gasteiger partial charge is 0.341 e. The Morgan fingerprint density at radius 3 is 2.48 bits per heavy atom. The van der Waals surface area contributed by atoms with Crippen molar-refractivity contribution in [3.05, 3.63) is 66.5 Å². The number of hydrogen-bond acceptors (Lipinski definition) is 3. The van der Waals surface area contributed by atoms with E-state index in [4.69, 9.17) is 0 Å². The summed E-state index contributed by atoms with van der Waals surface area (Å²) in [6, 6.07) is 18.2. The highest BCUT2D eigenvalue weighted by molar-refractivity contribution is 5.81. The van der Waals surface area contributed by atoms with Crippen LogP contribution in [0.25, 0.3) is 11.0 Å². The van der Waals surface area contributed by atoms with Crippen LogP contribution in [0.3, 0.4) is 0 Å². The number of carbonyl (C=O) groups is 2. The summed E-state index contributed by atoms with van der Waals surface area (Å²) in [5.74, 6) is 0.901. The van der Waals surface area contributed by atoms with E-state index in [1.54, 1.807) is 6.33 Å². The van der Waals surface area contributed by atoms with Gasteiger partial charge >= 0.3 is 0 Å². The van der Waals surface area contributed by atoms with Gasteiger partial charge in [0.1, 0.15) is 6.54 Å². The molecular weight excluding hydrogens is 412 g/mol. The zero-order valence-corrected chi connectivity index (χ0v) is 19.1. The third-order valence-electron chi connectivity index (χ3n) is 7.33. The fourth-order valence-corrected chi connectivity index (χ4v) is 5.47. The molecule has 172 valence electrons. The summed E-state index contributed by atoms with van der Waals surface area (Å²) in [5, 5.41) is 0. The third kappa shape index (κ3) is 4.80. The SMILES string of the molecule is O=C(Cn1cnc2ccccc21)N1CCC(C2CCCCN(Cc3ccccc3)C2=O)CC1. The van der Waals surface area contributed by atoms with Crippen molar-refractivity contribution >= 4 is 22.8 Å². The molecular formula is C27H32N4O2. The van der Waals surface area contributed by atoms with Crippen molar-refractivity contribution in [2.45, 2.75) is 45.2 Å². The lowest BCUT2D eigenvalue weighted by Crippen LogP contribution is -2.44. The first-order valence-corrected chi connectivity index (χ1v) is 12.2. The molecule has 2 aromatic carbocycles. The van der Waals surface area contributed by atoms with Crippen molar-refractivity contribution in [1.82, 2.24) is 19.4 Å². The first-order valence-electron chi connectivity index (χ1n) is 12.2. The monoisotopic (exact) mass is 444 g/mol. The molecule has 2 aliphatic heterocycles. The number of para-hydroxylation sites is 2. The Morgan fingerprint density at radius 2 is 1.67 bits per heavy atom. The molecule has 3 heterocycles. The van der Waals surface area contributed by atoms with Crippen molar-refractivity contribution in [3.63, 3.8) is 0 Å². The van der Waals surface area contributed by atoms with E-state index in [2.05, 4.69) is 22.0 Å². The van der Waals surface area contributed by atoms with Gasteiger partial charge in [0.05, 0.1) is 17.4 Å². The lowest BCUT2D eigenvalue weighted by molar-refractivity contribution is -0.139. The van der Waals surface area contributed by atoms with Crippen LogP contribution >= 0.6 is 0 Å². The summed E-state index contributed by atoms with van der Waals surface area (Å²) in [7, 11) is 0. The Hall–Kier alpha value is -3.15. The number of likely N-dealkylation sites (tertiary alicyclic amines) is 2. The number of hydrogen-bond donors (Lipinski definition) is 0. The van der Waals surface area contributed by atoms with Gasteiger partial charge in [-0.15, -0.1) is 0 Å². The molecule has 0 aliphatic carbocycles. The number of fused-ring (bicyclic) bond motifs is 1. The van der Waals surface area contributed by atoms with E-state index in [0.29, 0.717) is 24.9 Å². The zero-order chi connectivity index (χ0) is 22.6. The van der Waals surface area contributed by atoms with Gasteiger partial charge in [-0.1, -0.05) is 48.9 Å². The van der Waals surface area contributed by atoms with Crippen LogP contribution in [0.2, 0.25) is 0 Å². The molecule has 2 fully saturated rings. The highest BCUT2D eigenvalue weighted by Crippen LogP contribution is 2.33. The van der Waals surface area contributed by atoms with Crippen molar-refractivity contribution in [2.24, 2.45) is 11.8 Å². The highest BCUT2D eigenvalue weighted by atomic mass is 16.2. The Bertz CT molecular complexity index is 1100. The van der Waals surface area contributed by atoms with E-state index in [-0.39, 0.29) is 11.8 Å². The van der Waals surface area contributed by atoms with Crippen molar-refractivity contribution in [2.75, 3.05) is 19.6 Å². The van der Waals surface area contributed by atoms with Gasteiger partial charge in [0.15, 0.2) is 0 Å². The molecule has 2 saturated heterocycles. The van der Waals surface area contributed by atoms with Gasteiger partial charge < -0.3 is 14.4 Å². The Labute approximate surface area is 195 Å². The van der Waals surface area contributed by atoms with Crippen LogP contribution in [0.1, 0.15) is 37.7 Å². The number of nitrogens with zero attached hydrogens (tertiary/aromatic N) is 4. The minimum absolute atomic E-state index is 0.0889. The number of imidazole rings is 1. The first-order chi connectivity index (χ1) is 16.2. The molecule has 1 unspecified atom stereocenters. The lowest BCUT2D eigenvalue weighted by Gasteiger charge is -2.36. The minimum atomic E-state index is 0.0889. The number of rotatable bonds is 5. The second-order valence-corrected chi connectivity index (χ2v) is 9.43. The van der Waals surface area contributed by atoms with Gasteiger partial charge in [0.25, 0.3) is 0 Å². The molecule has 0 saturated carbocycles. The third-order valence-corrected chi connectivity index (χ3v) is 7.33. The molecule has 2 aliphatic rings. The van der Waals surface area contributed by atoms with Crippen LogP contribution in [0, 0.1) is 11.8 Å². The standard InChI is InChI=1S/C27H32N4O2/c32-26(19-31-20-28-24-11-4-5-12-25(24)31)29-16-13-22(14-17-29)23-10-6-7-15-30(27(23)33)18-21-8-2-1-3-9-21/h1-5,8-9,11-12,20,22-23H,6-7,10,13-19H2. The Kier molecular flexibility index (Phi) is 6.42. The van der Waals surface area contributed by atoms with Crippen LogP contribution in [-0.2, 0) is 22.7 Å². The molecule has 6 heteroatoms. The van der Waals surface area contributed by atoms with Crippen molar-refractivity contribution < 1.29 is 9.59 Å². The van der Waals surface area contributed by atoms with Gasteiger partial charge in [-0.05, 0) is 49.3 Å². The molecule has 5 rings (SSSR count). The minimum Gasteiger partial charge on any atom is -0.341 e. The number of aromatic nitrogens is 2. The van der Waals surface area contributed by atoms with Crippen LogP contribution in [0.4, 0.5) is 0 Å². The molecule has 1 aromatic heterocycles. The van der Waals surface area contributed by atoms with E-state index in [0.717, 1.165) is 62.8 Å². The fourth-order valence-electron chi connectivity index (χ4n) is 5.47. The maximum atomic E-state index is 13.4. The van der Waals surface area contributed by atoms with E-state index < -0.39 is 0 Å². The first kappa shape index (κ1) is 21.7. The summed E-state index contributed by atoms with van der Waals surface area (Å²) >= 11 is 0. The molecule has 6 nitrogen and oxygen atoms in total. The predicted molar refractivity (Wildman–Crippen MR) is 128 cm³/mol. The number of carbonyl (C=O) groups excluding carboxylic acids is 2. The molecule has 1 atom stereocenters. The van der Waals surface area contributed by atoms with Crippen LogP contribution in [-0.4, -0.2) is 50.8 Å². The van der Waals surface area contributed by atoms with Gasteiger partial charge in [-0.3, -0.25) is 9.59 Å². The van der Waals surface area contributed by atoms with E-state index in [1.165, 1.54) is 5.56 Å². The van der Waals surface area contributed by atoms with E-state index >= 15 is 0 Å². The fraction of sp³-hybridized carbons (Fsp3) is 0.444. The number of benzene rings is 2. The summed E-state index contributed by atoms with van der Waals surface area (Å²) in [4.78, 5) is 34.8. The molecule has 33 heavy (non-hydrogen) atoms. The van der Waals surface area contributed by atoms with E-state index in [9.17, 15) is 9.59 Å². The number of piperidine rings is 1.